The second-order valence-corrected chi connectivity index (χ2v) is 7.98. The third-order valence-electron chi connectivity index (χ3n) is 5.82. The maximum absolute atomic E-state index is 12.8. The van der Waals surface area contributed by atoms with Crippen LogP contribution in [-0.2, 0) is 17.6 Å². The predicted molar refractivity (Wildman–Crippen MR) is 123 cm³/mol. The van der Waals surface area contributed by atoms with Gasteiger partial charge in [-0.1, -0.05) is 72.8 Å². The van der Waals surface area contributed by atoms with Crippen molar-refractivity contribution in [3.63, 3.8) is 0 Å². The Kier molecular flexibility index (Phi) is 6.90. The predicted octanol–water partition coefficient (Wildman–Crippen LogP) is 4.24. The zero-order valence-electron chi connectivity index (χ0n) is 17.6. The maximum atomic E-state index is 12.8. The number of rotatable bonds is 7. The molecule has 0 aliphatic carbocycles. The lowest BCUT2D eigenvalue weighted by Crippen LogP contribution is -2.29. The SMILES string of the molecule is O=C(CCC(=O)c1ccc2c(c1)CCNCC2)NC(c1ccccc1)c1ccccc1. The number of carbonyl (C=O) groups excluding carboxylic acids is 2. The molecule has 1 aliphatic heterocycles. The van der Waals surface area contributed by atoms with Crippen molar-refractivity contribution in [1.82, 2.24) is 10.6 Å². The van der Waals surface area contributed by atoms with Gasteiger partial charge in [0.1, 0.15) is 0 Å². The fourth-order valence-electron chi connectivity index (χ4n) is 4.10. The van der Waals surface area contributed by atoms with Crippen LogP contribution >= 0.6 is 0 Å². The fraction of sp³-hybridized carbons (Fsp3) is 0.259. The smallest absolute Gasteiger partial charge is 0.221 e. The first kappa shape index (κ1) is 21.0. The molecule has 0 unspecified atom stereocenters. The van der Waals surface area contributed by atoms with Gasteiger partial charge in [0.2, 0.25) is 5.91 Å². The van der Waals surface area contributed by atoms with Crippen LogP contribution in [0.15, 0.2) is 78.9 Å². The van der Waals surface area contributed by atoms with Crippen LogP contribution in [-0.4, -0.2) is 24.8 Å². The molecule has 0 atom stereocenters. The van der Waals surface area contributed by atoms with Crippen molar-refractivity contribution in [3.8, 4) is 0 Å². The molecule has 4 nitrogen and oxygen atoms in total. The highest BCUT2D eigenvalue weighted by molar-refractivity contribution is 5.98. The number of ketones is 1. The Morgan fingerprint density at radius 1 is 0.774 bits per heavy atom. The van der Waals surface area contributed by atoms with E-state index < -0.39 is 0 Å². The third-order valence-corrected chi connectivity index (χ3v) is 5.82. The van der Waals surface area contributed by atoms with Crippen LogP contribution in [0, 0.1) is 0 Å². The van der Waals surface area contributed by atoms with Crippen LogP contribution < -0.4 is 10.6 Å². The molecule has 3 aromatic rings. The summed E-state index contributed by atoms with van der Waals surface area (Å²) in [5.41, 5.74) is 5.30. The average Bonchev–Trinajstić information content (AvgIpc) is 3.07. The van der Waals surface area contributed by atoms with E-state index >= 15 is 0 Å². The zero-order valence-corrected chi connectivity index (χ0v) is 17.6. The highest BCUT2D eigenvalue weighted by Gasteiger charge is 2.18. The minimum atomic E-state index is -0.231. The Morgan fingerprint density at radius 2 is 1.39 bits per heavy atom. The molecule has 0 fully saturated rings. The zero-order chi connectivity index (χ0) is 21.5. The molecular weight excluding hydrogens is 384 g/mol. The van der Waals surface area contributed by atoms with E-state index in [9.17, 15) is 9.59 Å². The Labute approximate surface area is 183 Å². The van der Waals surface area contributed by atoms with Crippen LogP contribution in [0.2, 0.25) is 0 Å². The van der Waals surface area contributed by atoms with Gasteiger partial charge in [-0.25, -0.2) is 0 Å². The largest absolute Gasteiger partial charge is 0.345 e. The Hall–Kier alpha value is -3.24. The van der Waals surface area contributed by atoms with Gasteiger partial charge in [0, 0.05) is 18.4 Å². The van der Waals surface area contributed by atoms with Gasteiger partial charge in [-0.15, -0.1) is 0 Å². The minimum absolute atomic E-state index is 0.0196. The normalized spacial score (nSPS) is 13.3. The molecule has 0 aromatic heterocycles. The Bertz CT molecular complexity index is 992. The topological polar surface area (TPSA) is 58.2 Å². The van der Waals surface area contributed by atoms with Crippen LogP contribution in [0.3, 0.4) is 0 Å². The van der Waals surface area contributed by atoms with Gasteiger partial charge >= 0.3 is 0 Å². The molecule has 0 spiro atoms. The first-order chi connectivity index (χ1) is 15.2. The van der Waals surface area contributed by atoms with Gasteiger partial charge < -0.3 is 10.6 Å². The highest BCUT2D eigenvalue weighted by Crippen LogP contribution is 2.22. The molecule has 0 bridgehead atoms. The third kappa shape index (κ3) is 5.47. The van der Waals surface area contributed by atoms with Gasteiger partial charge in [-0.2, -0.15) is 0 Å². The Morgan fingerprint density at radius 3 is 2.03 bits per heavy atom. The molecule has 0 saturated carbocycles. The summed E-state index contributed by atoms with van der Waals surface area (Å²) in [6.45, 7) is 1.91. The van der Waals surface area contributed by atoms with Crippen molar-refractivity contribution < 1.29 is 9.59 Å². The molecule has 3 aromatic carbocycles. The lowest BCUT2D eigenvalue weighted by Gasteiger charge is -2.20. The summed E-state index contributed by atoms with van der Waals surface area (Å²) in [5, 5.41) is 6.51. The number of hydrogen-bond donors (Lipinski definition) is 2. The first-order valence-corrected chi connectivity index (χ1v) is 11.0. The lowest BCUT2D eigenvalue weighted by atomic mass is 9.96. The van der Waals surface area contributed by atoms with E-state index in [-0.39, 0.29) is 30.6 Å². The quantitative estimate of drug-likeness (QED) is 0.571. The molecule has 2 N–H and O–H groups in total. The van der Waals surface area contributed by atoms with E-state index in [4.69, 9.17) is 0 Å². The number of carbonyl (C=O) groups is 2. The lowest BCUT2D eigenvalue weighted by molar-refractivity contribution is -0.121. The van der Waals surface area contributed by atoms with E-state index in [2.05, 4.69) is 16.7 Å². The van der Waals surface area contributed by atoms with Crippen molar-refractivity contribution in [1.29, 1.82) is 0 Å². The van der Waals surface area contributed by atoms with Gasteiger partial charge in [0.05, 0.1) is 6.04 Å². The van der Waals surface area contributed by atoms with E-state index in [1.54, 1.807) is 0 Å². The Balaban J connectivity index is 1.40. The summed E-state index contributed by atoms with van der Waals surface area (Å²) in [6, 6.07) is 25.6. The van der Waals surface area contributed by atoms with Crippen molar-refractivity contribution in [2.24, 2.45) is 0 Å². The van der Waals surface area contributed by atoms with Gasteiger partial charge in [-0.05, 0) is 54.3 Å². The molecule has 31 heavy (non-hydrogen) atoms. The minimum Gasteiger partial charge on any atom is -0.345 e. The molecule has 4 rings (SSSR count). The van der Waals surface area contributed by atoms with E-state index in [1.807, 2.05) is 72.8 Å². The van der Waals surface area contributed by atoms with Crippen molar-refractivity contribution in [2.45, 2.75) is 31.7 Å². The van der Waals surface area contributed by atoms with Crippen LogP contribution in [0.1, 0.15) is 51.5 Å². The molecule has 0 radical (unpaired) electrons. The van der Waals surface area contributed by atoms with Gasteiger partial charge in [-0.3, -0.25) is 9.59 Å². The molecule has 0 saturated heterocycles. The molecule has 1 amide bonds. The summed E-state index contributed by atoms with van der Waals surface area (Å²) < 4.78 is 0. The monoisotopic (exact) mass is 412 g/mol. The summed E-state index contributed by atoms with van der Waals surface area (Å²) in [5.74, 6) is -0.101. The van der Waals surface area contributed by atoms with Crippen molar-refractivity contribution in [2.75, 3.05) is 13.1 Å². The molecule has 4 heteroatoms. The van der Waals surface area contributed by atoms with E-state index in [0.29, 0.717) is 5.56 Å². The maximum Gasteiger partial charge on any atom is 0.221 e. The summed E-state index contributed by atoms with van der Waals surface area (Å²) in [4.78, 5) is 25.5. The summed E-state index contributed by atoms with van der Waals surface area (Å²) >= 11 is 0. The van der Waals surface area contributed by atoms with Gasteiger partial charge in [0.25, 0.3) is 0 Å². The number of fused-ring (bicyclic) bond motifs is 1. The number of amides is 1. The number of Topliss-reactive ketones (excluding diaryl/α,β-unsaturated/α-hetero) is 1. The summed E-state index contributed by atoms with van der Waals surface area (Å²) in [6.07, 6.45) is 2.31. The summed E-state index contributed by atoms with van der Waals surface area (Å²) in [7, 11) is 0. The number of benzene rings is 3. The number of hydrogen-bond acceptors (Lipinski definition) is 3. The molecular formula is C27H28N2O2. The molecule has 1 heterocycles. The molecule has 1 aliphatic rings. The number of nitrogens with one attached hydrogen (secondary N) is 2. The second kappa shape index (κ2) is 10.2. The van der Waals surface area contributed by atoms with Crippen molar-refractivity contribution >= 4 is 11.7 Å². The average molecular weight is 413 g/mol. The second-order valence-electron chi connectivity index (χ2n) is 7.98. The fourth-order valence-corrected chi connectivity index (χ4v) is 4.10. The first-order valence-electron chi connectivity index (χ1n) is 11.0. The van der Waals surface area contributed by atoms with E-state index in [0.717, 1.165) is 37.1 Å². The van der Waals surface area contributed by atoms with Crippen LogP contribution in [0.5, 0.6) is 0 Å². The van der Waals surface area contributed by atoms with Crippen molar-refractivity contribution in [3.05, 3.63) is 107 Å². The molecule has 158 valence electrons. The van der Waals surface area contributed by atoms with Crippen LogP contribution in [0.4, 0.5) is 0 Å². The van der Waals surface area contributed by atoms with Crippen LogP contribution in [0.25, 0.3) is 0 Å². The highest BCUT2D eigenvalue weighted by atomic mass is 16.2. The van der Waals surface area contributed by atoms with E-state index in [1.165, 1.54) is 11.1 Å². The van der Waals surface area contributed by atoms with Gasteiger partial charge in [0.15, 0.2) is 5.78 Å². The standard InChI is InChI=1S/C27H28N2O2/c30-25(24-12-11-20-15-17-28-18-16-23(20)19-24)13-14-26(31)29-27(21-7-3-1-4-8-21)22-9-5-2-6-10-22/h1-12,19,27-28H,13-18H2,(H,29,31).